The zero-order chi connectivity index (χ0) is 28.2. The Bertz CT molecular complexity index is 1680. The molecule has 39 heavy (non-hydrogen) atoms. The molecule has 2 amide bonds. The summed E-state index contributed by atoms with van der Waals surface area (Å²) < 4.78 is 31.6. The van der Waals surface area contributed by atoms with Gasteiger partial charge in [0.2, 0.25) is 9.84 Å². The van der Waals surface area contributed by atoms with E-state index in [-0.39, 0.29) is 36.7 Å². The van der Waals surface area contributed by atoms with E-state index in [1.807, 2.05) is 0 Å². The summed E-state index contributed by atoms with van der Waals surface area (Å²) in [4.78, 5) is 36.2. The second kappa shape index (κ2) is 11.6. The molecule has 0 unspecified atom stereocenters. The lowest BCUT2D eigenvalue weighted by molar-refractivity contribution is 0.0692. The van der Waals surface area contributed by atoms with Gasteiger partial charge in [-0.1, -0.05) is 47.5 Å². The van der Waals surface area contributed by atoms with Gasteiger partial charge >= 0.3 is 12.1 Å². The fraction of sp³-hybridized carbons (Fsp3) is 0. The molecule has 0 bridgehead atoms. The first-order chi connectivity index (χ1) is 18.5. The maximum atomic E-state index is 13.2. The number of anilines is 2. The summed E-state index contributed by atoms with van der Waals surface area (Å²) in [6.45, 7) is 0. The highest BCUT2D eigenvalue weighted by molar-refractivity contribution is 7.91. The van der Waals surface area contributed by atoms with Crippen LogP contribution in [0.1, 0.15) is 20.7 Å². The third-order valence-corrected chi connectivity index (χ3v) is 7.79. The molecule has 12 heteroatoms. The molecule has 3 N–H and O–H groups in total. The lowest BCUT2D eigenvalue weighted by Crippen LogP contribution is -2.17. The highest BCUT2D eigenvalue weighted by Gasteiger charge is 2.22. The second-order valence-electron chi connectivity index (χ2n) is 7.95. The third-order valence-electron chi connectivity index (χ3n) is 5.30. The fourth-order valence-corrected chi connectivity index (χ4v) is 5.08. The Hall–Kier alpha value is -4.38. The zero-order valence-electron chi connectivity index (χ0n) is 19.7. The van der Waals surface area contributed by atoms with Crippen molar-refractivity contribution in [3.63, 3.8) is 0 Å². The molecule has 0 heterocycles. The maximum absolute atomic E-state index is 13.2. The third kappa shape index (κ3) is 6.55. The van der Waals surface area contributed by atoms with Gasteiger partial charge in [-0.3, -0.25) is 10.1 Å². The lowest BCUT2D eigenvalue weighted by Gasteiger charge is -2.11. The number of amides is 2. The molecule has 0 saturated carbocycles. The van der Waals surface area contributed by atoms with Gasteiger partial charge < -0.3 is 15.2 Å². The van der Waals surface area contributed by atoms with Gasteiger partial charge in [0, 0.05) is 11.4 Å². The molecule has 0 aliphatic rings. The minimum Gasteiger partial charge on any atom is -0.478 e. The monoisotopic (exact) mass is 584 g/mol. The Labute approximate surface area is 232 Å². The van der Waals surface area contributed by atoms with Crippen molar-refractivity contribution in [2.45, 2.75) is 9.79 Å². The van der Waals surface area contributed by atoms with Gasteiger partial charge in [-0.25, -0.2) is 18.0 Å². The quantitative estimate of drug-likeness (QED) is 0.229. The van der Waals surface area contributed by atoms with Crippen molar-refractivity contribution in [1.82, 2.24) is 0 Å². The largest absolute Gasteiger partial charge is 0.478 e. The number of para-hydroxylation sites is 1. The standard InChI is InChI=1S/C27H18Cl2N2O7S/c28-23-14-21(22(26(33)34)15-24(23)29)25(32)30-17-5-4-8-20(13-17)39(36,37)19-11-9-16(10-12-19)31-27(35)38-18-6-2-1-3-7-18/h1-15H,(H,30,32)(H,31,35)(H,33,34). The van der Waals surface area contributed by atoms with Crippen molar-refractivity contribution in [3.8, 4) is 5.75 Å². The van der Waals surface area contributed by atoms with E-state index in [0.717, 1.165) is 12.1 Å². The fourth-order valence-electron chi connectivity index (χ4n) is 3.44. The van der Waals surface area contributed by atoms with Crippen LogP contribution in [0.4, 0.5) is 16.2 Å². The number of carbonyl (C=O) groups is 3. The van der Waals surface area contributed by atoms with Gasteiger partial charge in [-0.15, -0.1) is 0 Å². The topological polar surface area (TPSA) is 139 Å². The minimum absolute atomic E-state index is 0.0191. The van der Waals surface area contributed by atoms with Gasteiger partial charge in [-0.2, -0.15) is 0 Å². The molecule has 4 rings (SSSR count). The van der Waals surface area contributed by atoms with Crippen LogP contribution in [0, 0.1) is 0 Å². The first-order valence-corrected chi connectivity index (χ1v) is 13.3. The van der Waals surface area contributed by atoms with Crippen LogP contribution in [0.25, 0.3) is 0 Å². The van der Waals surface area contributed by atoms with Crippen LogP contribution in [0.2, 0.25) is 10.0 Å². The smallest absolute Gasteiger partial charge is 0.417 e. The first kappa shape index (κ1) is 27.6. The molecule has 0 radical (unpaired) electrons. The predicted molar refractivity (Wildman–Crippen MR) is 146 cm³/mol. The van der Waals surface area contributed by atoms with E-state index >= 15 is 0 Å². The number of halogens is 2. The van der Waals surface area contributed by atoms with Gasteiger partial charge in [0.25, 0.3) is 5.91 Å². The summed E-state index contributed by atoms with van der Waals surface area (Å²) in [5.74, 6) is -1.86. The number of hydrogen-bond acceptors (Lipinski definition) is 6. The highest BCUT2D eigenvalue weighted by Crippen LogP contribution is 2.28. The molecule has 4 aromatic rings. The maximum Gasteiger partial charge on any atom is 0.417 e. The summed E-state index contributed by atoms with van der Waals surface area (Å²) >= 11 is 11.8. The van der Waals surface area contributed by atoms with E-state index in [1.165, 1.54) is 48.5 Å². The average Bonchev–Trinajstić information content (AvgIpc) is 2.90. The SMILES string of the molecule is O=C(Nc1ccc(S(=O)(=O)c2cccc(NC(=O)c3cc(Cl)c(Cl)cc3C(=O)O)c2)cc1)Oc1ccccc1. The Morgan fingerprint density at radius 3 is 1.97 bits per heavy atom. The van der Waals surface area contributed by atoms with Crippen LogP contribution in [-0.2, 0) is 9.84 Å². The Kier molecular flexibility index (Phi) is 8.20. The molecular weight excluding hydrogens is 567 g/mol. The highest BCUT2D eigenvalue weighted by atomic mass is 35.5. The normalized spacial score (nSPS) is 10.9. The number of carbonyl (C=O) groups excluding carboxylic acids is 2. The molecule has 0 atom stereocenters. The number of carboxylic acid groups (broad SMARTS) is 1. The van der Waals surface area contributed by atoms with E-state index in [0.29, 0.717) is 11.4 Å². The zero-order valence-corrected chi connectivity index (χ0v) is 22.0. The molecule has 4 aromatic carbocycles. The van der Waals surface area contributed by atoms with E-state index in [4.69, 9.17) is 27.9 Å². The summed E-state index contributed by atoms with van der Waals surface area (Å²) in [5, 5.41) is 14.4. The minimum atomic E-state index is -4.02. The van der Waals surface area contributed by atoms with E-state index in [9.17, 15) is 27.9 Å². The van der Waals surface area contributed by atoms with Gasteiger partial charge in [0.1, 0.15) is 5.75 Å². The van der Waals surface area contributed by atoms with E-state index in [1.54, 1.807) is 30.3 Å². The lowest BCUT2D eigenvalue weighted by atomic mass is 10.1. The van der Waals surface area contributed by atoms with Gasteiger partial charge in [0.05, 0.1) is 31.0 Å². The summed E-state index contributed by atoms with van der Waals surface area (Å²) in [6.07, 6.45) is -0.742. The molecular formula is C27H18Cl2N2O7S. The Morgan fingerprint density at radius 2 is 1.33 bits per heavy atom. The van der Waals surface area contributed by atoms with E-state index in [2.05, 4.69) is 10.6 Å². The van der Waals surface area contributed by atoms with Crippen molar-refractivity contribution < 1.29 is 32.6 Å². The van der Waals surface area contributed by atoms with Gasteiger partial charge in [-0.05, 0) is 66.7 Å². The number of sulfone groups is 1. The van der Waals surface area contributed by atoms with Crippen LogP contribution >= 0.6 is 23.2 Å². The summed E-state index contributed by atoms with van der Waals surface area (Å²) in [7, 11) is -4.02. The molecule has 198 valence electrons. The number of ether oxygens (including phenoxy) is 1. The second-order valence-corrected chi connectivity index (χ2v) is 10.7. The van der Waals surface area contributed by atoms with Crippen molar-refractivity contribution >= 4 is 62.4 Å². The van der Waals surface area contributed by atoms with Crippen molar-refractivity contribution in [2.75, 3.05) is 10.6 Å². The Morgan fingerprint density at radius 1 is 0.692 bits per heavy atom. The number of rotatable bonds is 7. The molecule has 0 spiro atoms. The van der Waals surface area contributed by atoms with Gasteiger partial charge in [0.15, 0.2) is 0 Å². The molecule has 0 fully saturated rings. The van der Waals surface area contributed by atoms with Crippen molar-refractivity contribution in [2.24, 2.45) is 0 Å². The van der Waals surface area contributed by atoms with Crippen molar-refractivity contribution in [3.05, 3.63) is 112 Å². The average molecular weight is 585 g/mol. The molecule has 0 aliphatic heterocycles. The first-order valence-electron chi connectivity index (χ1n) is 11.1. The number of aromatic carboxylic acids is 1. The van der Waals surface area contributed by atoms with Crippen LogP contribution < -0.4 is 15.4 Å². The van der Waals surface area contributed by atoms with Crippen LogP contribution in [-0.4, -0.2) is 31.5 Å². The molecule has 0 aliphatic carbocycles. The number of nitrogens with one attached hydrogen (secondary N) is 2. The molecule has 9 nitrogen and oxygen atoms in total. The van der Waals surface area contributed by atoms with Crippen LogP contribution in [0.3, 0.4) is 0 Å². The molecule has 0 aromatic heterocycles. The van der Waals surface area contributed by atoms with Crippen molar-refractivity contribution in [1.29, 1.82) is 0 Å². The predicted octanol–water partition coefficient (Wildman–Crippen LogP) is 6.39. The van der Waals surface area contributed by atoms with Crippen LogP contribution in [0.15, 0.2) is 101 Å². The number of carboxylic acids is 1. The van der Waals surface area contributed by atoms with Crippen LogP contribution in [0.5, 0.6) is 5.75 Å². The number of hydrogen-bond donors (Lipinski definition) is 3. The summed E-state index contributed by atoms with van der Waals surface area (Å²) in [5.41, 5.74) is -0.205. The summed E-state index contributed by atoms with van der Waals surface area (Å²) in [6, 6.07) is 21.5. The van der Waals surface area contributed by atoms with E-state index < -0.39 is 27.8 Å². The molecule has 0 saturated heterocycles. The number of benzene rings is 4. The Balaban J connectivity index is 1.50.